The van der Waals surface area contributed by atoms with Crippen LogP contribution in [-0.2, 0) is 6.54 Å². The largest absolute Gasteiger partial charge is 0.348 e. The van der Waals surface area contributed by atoms with Gasteiger partial charge in [0.15, 0.2) is 0 Å². The van der Waals surface area contributed by atoms with E-state index in [2.05, 4.69) is 39.8 Å². The Morgan fingerprint density at radius 3 is 2.75 bits per heavy atom. The monoisotopic (exact) mass is 344 g/mol. The molecule has 0 saturated heterocycles. The van der Waals surface area contributed by atoms with Crippen LogP contribution in [0.5, 0.6) is 0 Å². The number of pyridine rings is 1. The maximum absolute atomic E-state index is 12.1. The SMILES string of the molecule is Cc1nc2cc(CNC(=O)c3cccnc3)ccc2n1C(C)C.Cl. The van der Waals surface area contributed by atoms with Gasteiger partial charge >= 0.3 is 0 Å². The smallest absolute Gasteiger partial charge is 0.253 e. The predicted octanol–water partition coefficient (Wildman–Crippen LogP) is 3.67. The number of carbonyl (C=O) groups is 1. The minimum absolute atomic E-state index is 0. The highest BCUT2D eigenvalue weighted by molar-refractivity contribution is 5.93. The van der Waals surface area contributed by atoms with Crippen LogP contribution in [0.1, 0.15) is 41.6 Å². The minimum Gasteiger partial charge on any atom is -0.348 e. The Morgan fingerprint density at radius 2 is 2.08 bits per heavy atom. The zero-order valence-electron chi connectivity index (χ0n) is 14.0. The Labute approximate surface area is 147 Å². The van der Waals surface area contributed by atoms with Gasteiger partial charge in [-0.3, -0.25) is 9.78 Å². The molecule has 1 aromatic carbocycles. The van der Waals surface area contributed by atoms with Crippen molar-refractivity contribution < 1.29 is 4.79 Å². The number of amides is 1. The molecule has 0 bridgehead atoms. The van der Waals surface area contributed by atoms with Crippen LogP contribution in [0.3, 0.4) is 0 Å². The molecular weight excluding hydrogens is 324 g/mol. The number of nitrogens with zero attached hydrogens (tertiary/aromatic N) is 3. The number of fused-ring (bicyclic) bond motifs is 1. The number of carbonyl (C=O) groups excluding carboxylic acids is 1. The van der Waals surface area contributed by atoms with Crippen molar-refractivity contribution in [1.29, 1.82) is 0 Å². The molecule has 3 rings (SSSR count). The molecule has 2 aromatic heterocycles. The Bertz CT molecular complexity index is 843. The van der Waals surface area contributed by atoms with Crippen LogP contribution in [-0.4, -0.2) is 20.4 Å². The van der Waals surface area contributed by atoms with Crippen molar-refractivity contribution in [2.24, 2.45) is 0 Å². The standard InChI is InChI=1S/C18H20N4O.ClH/c1-12(2)22-13(3)21-16-9-14(6-7-17(16)22)10-20-18(23)15-5-4-8-19-11-15;/h4-9,11-12H,10H2,1-3H3,(H,20,23);1H. The fourth-order valence-electron chi connectivity index (χ4n) is 2.81. The number of imidazole rings is 1. The van der Waals surface area contributed by atoms with Crippen LogP contribution in [0.2, 0.25) is 0 Å². The van der Waals surface area contributed by atoms with E-state index in [4.69, 9.17) is 0 Å². The molecule has 0 fully saturated rings. The highest BCUT2D eigenvalue weighted by Crippen LogP contribution is 2.21. The fraction of sp³-hybridized carbons (Fsp3) is 0.278. The molecule has 2 heterocycles. The zero-order chi connectivity index (χ0) is 16.4. The molecule has 0 atom stereocenters. The van der Waals surface area contributed by atoms with Crippen LogP contribution >= 0.6 is 12.4 Å². The van der Waals surface area contributed by atoms with Crippen LogP contribution in [0.15, 0.2) is 42.7 Å². The summed E-state index contributed by atoms with van der Waals surface area (Å²) in [6, 6.07) is 10.0. The lowest BCUT2D eigenvalue weighted by Gasteiger charge is -2.11. The van der Waals surface area contributed by atoms with Gasteiger partial charge in [0.1, 0.15) is 5.82 Å². The molecule has 3 aromatic rings. The normalized spacial score (nSPS) is 10.7. The molecule has 5 nitrogen and oxygen atoms in total. The second-order valence-electron chi connectivity index (χ2n) is 5.87. The third-order valence-corrected chi connectivity index (χ3v) is 3.82. The lowest BCUT2D eigenvalue weighted by Crippen LogP contribution is -2.22. The lowest BCUT2D eigenvalue weighted by atomic mass is 10.2. The van der Waals surface area contributed by atoms with Gasteiger partial charge in [-0.2, -0.15) is 0 Å². The number of hydrogen-bond acceptors (Lipinski definition) is 3. The van der Waals surface area contributed by atoms with E-state index in [9.17, 15) is 4.79 Å². The van der Waals surface area contributed by atoms with Gasteiger partial charge in [-0.15, -0.1) is 12.4 Å². The van der Waals surface area contributed by atoms with Gasteiger partial charge in [0, 0.05) is 25.0 Å². The van der Waals surface area contributed by atoms with Gasteiger partial charge < -0.3 is 9.88 Å². The first-order valence-electron chi connectivity index (χ1n) is 7.72. The van der Waals surface area contributed by atoms with Crippen molar-refractivity contribution in [2.75, 3.05) is 0 Å². The first-order chi connectivity index (χ1) is 11.1. The van der Waals surface area contributed by atoms with Crippen LogP contribution in [0, 0.1) is 6.92 Å². The summed E-state index contributed by atoms with van der Waals surface area (Å²) in [6.45, 7) is 6.79. The molecule has 0 aliphatic rings. The average molecular weight is 345 g/mol. The van der Waals surface area contributed by atoms with E-state index in [0.717, 1.165) is 22.4 Å². The van der Waals surface area contributed by atoms with Crippen molar-refractivity contribution in [3.63, 3.8) is 0 Å². The molecule has 6 heteroatoms. The third kappa shape index (κ3) is 3.57. The number of nitrogens with one attached hydrogen (secondary N) is 1. The van der Waals surface area contributed by atoms with Crippen molar-refractivity contribution >= 4 is 29.3 Å². The number of rotatable bonds is 4. The van der Waals surface area contributed by atoms with Crippen LogP contribution in [0.4, 0.5) is 0 Å². The van der Waals surface area contributed by atoms with E-state index < -0.39 is 0 Å². The van der Waals surface area contributed by atoms with Crippen LogP contribution in [0.25, 0.3) is 11.0 Å². The quantitative estimate of drug-likeness (QED) is 0.785. The number of halogens is 1. The van der Waals surface area contributed by atoms with E-state index >= 15 is 0 Å². The summed E-state index contributed by atoms with van der Waals surface area (Å²) < 4.78 is 2.22. The fourth-order valence-corrected chi connectivity index (χ4v) is 2.81. The van der Waals surface area contributed by atoms with Gasteiger partial charge in [0.05, 0.1) is 16.6 Å². The zero-order valence-corrected chi connectivity index (χ0v) is 14.8. The third-order valence-electron chi connectivity index (χ3n) is 3.82. The van der Waals surface area contributed by atoms with Gasteiger partial charge in [-0.05, 0) is 50.6 Å². The van der Waals surface area contributed by atoms with E-state index in [-0.39, 0.29) is 18.3 Å². The van der Waals surface area contributed by atoms with Gasteiger partial charge in [0.25, 0.3) is 5.91 Å². The number of aromatic nitrogens is 3. The second-order valence-corrected chi connectivity index (χ2v) is 5.87. The number of hydrogen-bond donors (Lipinski definition) is 1. The summed E-state index contributed by atoms with van der Waals surface area (Å²) >= 11 is 0. The Hall–Kier alpha value is -2.40. The summed E-state index contributed by atoms with van der Waals surface area (Å²) in [4.78, 5) is 20.6. The topological polar surface area (TPSA) is 59.8 Å². The molecule has 1 N–H and O–H groups in total. The highest BCUT2D eigenvalue weighted by Gasteiger charge is 2.11. The van der Waals surface area contributed by atoms with Gasteiger partial charge in [-0.1, -0.05) is 6.07 Å². The first-order valence-corrected chi connectivity index (χ1v) is 7.72. The van der Waals surface area contributed by atoms with Crippen LogP contribution < -0.4 is 5.32 Å². The maximum Gasteiger partial charge on any atom is 0.253 e. The Kier molecular flexibility index (Phi) is 5.57. The lowest BCUT2D eigenvalue weighted by molar-refractivity contribution is 0.0950. The predicted molar refractivity (Wildman–Crippen MR) is 97.5 cm³/mol. The molecule has 126 valence electrons. The Morgan fingerprint density at radius 1 is 1.29 bits per heavy atom. The molecule has 24 heavy (non-hydrogen) atoms. The minimum atomic E-state index is -0.123. The molecular formula is C18H21ClN4O. The summed E-state index contributed by atoms with van der Waals surface area (Å²) in [5.41, 5.74) is 3.68. The number of benzene rings is 1. The molecule has 0 radical (unpaired) electrons. The van der Waals surface area contributed by atoms with Crippen molar-refractivity contribution in [3.8, 4) is 0 Å². The Balaban J connectivity index is 0.00000208. The summed E-state index contributed by atoms with van der Waals surface area (Å²) in [5.74, 6) is 0.883. The second kappa shape index (κ2) is 7.45. The van der Waals surface area contributed by atoms with E-state index in [1.54, 1.807) is 24.5 Å². The molecule has 0 unspecified atom stereocenters. The molecule has 1 amide bonds. The molecule has 0 aliphatic heterocycles. The van der Waals surface area contributed by atoms with Crippen molar-refractivity contribution in [1.82, 2.24) is 19.9 Å². The molecule has 0 spiro atoms. The average Bonchev–Trinajstić information content (AvgIpc) is 2.88. The van der Waals surface area contributed by atoms with Gasteiger partial charge in [0.2, 0.25) is 0 Å². The summed E-state index contributed by atoms with van der Waals surface area (Å²) in [5, 5.41) is 2.91. The summed E-state index contributed by atoms with van der Waals surface area (Å²) in [7, 11) is 0. The maximum atomic E-state index is 12.1. The van der Waals surface area contributed by atoms with E-state index in [1.807, 2.05) is 19.1 Å². The van der Waals surface area contributed by atoms with Gasteiger partial charge in [-0.25, -0.2) is 4.98 Å². The molecule has 0 saturated carbocycles. The van der Waals surface area contributed by atoms with Crippen molar-refractivity contribution in [3.05, 3.63) is 59.7 Å². The van der Waals surface area contributed by atoms with Crippen molar-refractivity contribution in [2.45, 2.75) is 33.4 Å². The summed E-state index contributed by atoms with van der Waals surface area (Å²) in [6.07, 6.45) is 3.21. The van der Waals surface area contributed by atoms with E-state index in [0.29, 0.717) is 18.2 Å². The number of aryl methyl sites for hydroxylation is 1. The highest BCUT2D eigenvalue weighted by atomic mass is 35.5. The first kappa shape index (κ1) is 17.9. The molecule has 0 aliphatic carbocycles. The van der Waals surface area contributed by atoms with E-state index in [1.165, 1.54) is 0 Å².